The van der Waals surface area contributed by atoms with E-state index in [1.807, 2.05) is 4.90 Å². The normalized spacial score (nSPS) is 28.2. The van der Waals surface area contributed by atoms with Crippen molar-refractivity contribution in [2.24, 2.45) is 11.3 Å². The van der Waals surface area contributed by atoms with Crippen molar-refractivity contribution in [3.05, 3.63) is 29.8 Å². The highest BCUT2D eigenvalue weighted by Crippen LogP contribution is 2.45. The lowest BCUT2D eigenvalue weighted by Gasteiger charge is -2.33. The summed E-state index contributed by atoms with van der Waals surface area (Å²) in [5.74, 6) is -0.669. The summed E-state index contributed by atoms with van der Waals surface area (Å²) in [5.41, 5.74) is -0.525. The second kappa shape index (κ2) is 6.86. The minimum absolute atomic E-state index is 0.0365. The summed E-state index contributed by atoms with van der Waals surface area (Å²) in [5, 5.41) is 0. The number of rotatable bonds is 3. The number of aromatic nitrogens is 1. The molecule has 7 heteroatoms. The highest BCUT2D eigenvalue weighted by Gasteiger charge is 2.59. The van der Waals surface area contributed by atoms with Crippen LogP contribution in [0.4, 0.5) is 4.39 Å². The summed E-state index contributed by atoms with van der Waals surface area (Å²) in [6.45, 7) is 8.26. The zero-order valence-electron chi connectivity index (χ0n) is 16.0. The fourth-order valence-corrected chi connectivity index (χ4v) is 4.91. The van der Waals surface area contributed by atoms with Gasteiger partial charge in [0, 0.05) is 57.4 Å². The van der Waals surface area contributed by atoms with Crippen LogP contribution in [0.15, 0.2) is 18.5 Å². The Morgan fingerprint density at radius 3 is 2.59 bits per heavy atom. The Kier molecular flexibility index (Phi) is 4.66. The van der Waals surface area contributed by atoms with Gasteiger partial charge in [-0.3, -0.25) is 19.5 Å². The van der Waals surface area contributed by atoms with Gasteiger partial charge >= 0.3 is 0 Å². The smallest absolute Gasteiger partial charge is 0.256 e. The summed E-state index contributed by atoms with van der Waals surface area (Å²) in [4.78, 5) is 36.1. The van der Waals surface area contributed by atoms with Crippen LogP contribution in [-0.2, 0) is 4.79 Å². The molecule has 0 unspecified atom stereocenters. The Hall–Kier alpha value is -2.02. The molecule has 0 spiro atoms. The summed E-state index contributed by atoms with van der Waals surface area (Å²) < 4.78 is 14.1. The van der Waals surface area contributed by atoms with Gasteiger partial charge in [0.1, 0.15) is 0 Å². The largest absolute Gasteiger partial charge is 0.342 e. The van der Waals surface area contributed by atoms with E-state index in [2.05, 4.69) is 23.7 Å². The third-order valence-electron chi connectivity index (χ3n) is 6.47. The van der Waals surface area contributed by atoms with Gasteiger partial charge in [0.2, 0.25) is 5.91 Å². The molecule has 0 bridgehead atoms. The fourth-order valence-electron chi connectivity index (χ4n) is 4.91. The lowest BCUT2D eigenvalue weighted by atomic mass is 9.79. The van der Waals surface area contributed by atoms with Crippen LogP contribution >= 0.6 is 0 Å². The summed E-state index contributed by atoms with van der Waals surface area (Å²) in [6, 6.07) is 1.78. The molecule has 27 heavy (non-hydrogen) atoms. The highest BCUT2D eigenvalue weighted by molar-refractivity contribution is 5.96. The minimum atomic E-state index is -0.608. The predicted octanol–water partition coefficient (Wildman–Crippen LogP) is 1.63. The van der Waals surface area contributed by atoms with Gasteiger partial charge in [-0.05, 0) is 32.8 Å². The SMILES string of the molecule is CC(C)N1C[C@H]2CN(C(=O)c3ccncc3F)C[C@@]2(C(=O)N2CCCC2)C1. The number of carbonyl (C=O) groups is 2. The van der Waals surface area contributed by atoms with Crippen LogP contribution in [0.3, 0.4) is 0 Å². The molecule has 2 amide bonds. The molecular weight excluding hydrogens is 347 g/mol. The van der Waals surface area contributed by atoms with E-state index in [1.54, 1.807) is 4.90 Å². The van der Waals surface area contributed by atoms with Crippen LogP contribution in [-0.4, -0.2) is 76.8 Å². The monoisotopic (exact) mass is 374 g/mol. The van der Waals surface area contributed by atoms with Crippen molar-refractivity contribution in [3.63, 3.8) is 0 Å². The Labute approximate surface area is 159 Å². The number of hydrogen-bond donors (Lipinski definition) is 0. The maximum atomic E-state index is 14.1. The quantitative estimate of drug-likeness (QED) is 0.807. The first kappa shape index (κ1) is 18.3. The molecule has 0 radical (unpaired) electrons. The zero-order valence-corrected chi connectivity index (χ0v) is 16.0. The average molecular weight is 374 g/mol. The minimum Gasteiger partial charge on any atom is -0.342 e. The number of hydrogen-bond acceptors (Lipinski definition) is 4. The second-order valence-corrected chi connectivity index (χ2v) is 8.42. The van der Waals surface area contributed by atoms with Gasteiger partial charge in [0.15, 0.2) is 5.82 Å². The van der Waals surface area contributed by atoms with Crippen molar-refractivity contribution in [1.29, 1.82) is 0 Å². The van der Waals surface area contributed by atoms with Crippen LogP contribution < -0.4 is 0 Å². The van der Waals surface area contributed by atoms with Crippen LogP contribution in [0.5, 0.6) is 0 Å². The first-order valence-electron chi connectivity index (χ1n) is 9.84. The molecule has 146 valence electrons. The Bertz CT molecular complexity index is 749. The van der Waals surface area contributed by atoms with Crippen molar-refractivity contribution < 1.29 is 14.0 Å². The van der Waals surface area contributed by atoms with Gasteiger partial charge in [-0.25, -0.2) is 4.39 Å². The molecule has 1 aromatic rings. The Morgan fingerprint density at radius 2 is 1.93 bits per heavy atom. The van der Waals surface area contributed by atoms with Crippen molar-refractivity contribution in [2.45, 2.75) is 32.7 Å². The predicted molar refractivity (Wildman–Crippen MR) is 98.5 cm³/mol. The summed E-state index contributed by atoms with van der Waals surface area (Å²) >= 11 is 0. The van der Waals surface area contributed by atoms with E-state index in [4.69, 9.17) is 0 Å². The lowest BCUT2D eigenvalue weighted by molar-refractivity contribution is -0.141. The highest BCUT2D eigenvalue weighted by atomic mass is 19.1. The van der Waals surface area contributed by atoms with E-state index in [0.29, 0.717) is 25.7 Å². The van der Waals surface area contributed by atoms with Gasteiger partial charge in [0.05, 0.1) is 17.2 Å². The molecule has 3 aliphatic heterocycles. The number of nitrogens with zero attached hydrogens (tertiary/aromatic N) is 4. The third kappa shape index (κ3) is 3.02. The molecular formula is C20H27FN4O2. The van der Waals surface area contributed by atoms with E-state index < -0.39 is 11.2 Å². The number of amides is 2. The standard InChI is InChI=1S/C20H27FN4O2/c1-14(2)24-10-15-11-25(18(26)16-5-6-22-9-17(16)21)13-20(15,12-24)19(27)23-7-3-4-8-23/h5-6,9,14-15H,3-4,7-8,10-13H2,1-2H3/t15-,20-/m0/s1. The van der Waals surface area contributed by atoms with Gasteiger partial charge < -0.3 is 9.80 Å². The number of fused-ring (bicyclic) bond motifs is 1. The van der Waals surface area contributed by atoms with Crippen LogP contribution in [0.1, 0.15) is 37.0 Å². The fraction of sp³-hybridized carbons (Fsp3) is 0.650. The number of halogens is 1. The maximum Gasteiger partial charge on any atom is 0.256 e. The van der Waals surface area contributed by atoms with E-state index >= 15 is 0 Å². The molecule has 3 aliphatic rings. The van der Waals surface area contributed by atoms with Gasteiger partial charge in [-0.1, -0.05) is 0 Å². The van der Waals surface area contributed by atoms with Crippen molar-refractivity contribution in [3.8, 4) is 0 Å². The molecule has 2 atom stereocenters. The van der Waals surface area contributed by atoms with Crippen LogP contribution in [0.2, 0.25) is 0 Å². The number of likely N-dealkylation sites (tertiary alicyclic amines) is 3. The molecule has 3 saturated heterocycles. The van der Waals surface area contributed by atoms with Crippen LogP contribution in [0, 0.1) is 17.2 Å². The molecule has 4 rings (SSSR count). The average Bonchev–Trinajstić information content (AvgIpc) is 3.35. The first-order valence-corrected chi connectivity index (χ1v) is 9.84. The molecule has 0 saturated carbocycles. The van der Waals surface area contributed by atoms with Crippen molar-refractivity contribution in [2.75, 3.05) is 39.3 Å². The first-order chi connectivity index (χ1) is 12.9. The lowest BCUT2D eigenvalue weighted by Crippen LogP contribution is -2.49. The number of carbonyl (C=O) groups excluding carboxylic acids is 2. The van der Waals surface area contributed by atoms with Crippen LogP contribution in [0.25, 0.3) is 0 Å². The Morgan fingerprint density at radius 1 is 1.19 bits per heavy atom. The van der Waals surface area contributed by atoms with Gasteiger partial charge in [0.25, 0.3) is 5.91 Å². The van der Waals surface area contributed by atoms with E-state index in [0.717, 1.165) is 38.7 Å². The zero-order chi connectivity index (χ0) is 19.2. The van der Waals surface area contributed by atoms with Gasteiger partial charge in [-0.15, -0.1) is 0 Å². The van der Waals surface area contributed by atoms with E-state index in [9.17, 15) is 14.0 Å². The Balaban J connectivity index is 1.61. The van der Waals surface area contributed by atoms with Crippen molar-refractivity contribution >= 4 is 11.8 Å². The third-order valence-corrected chi connectivity index (χ3v) is 6.47. The topological polar surface area (TPSA) is 56.8 Å². The molecule has 3 fully saturated rings. The summed E-state index contributed by atoms with van der Waals surface area (Å²) in [7, 11) is 0. The van der Waals surface area contributed by atoms with Gasteiger partial charge in [-0.2, -0.15) is 0 Å². The summed E-state index contributed by atoms with van der Waals surface area (Å²) in [6.07, 6.45) is 4.59. The second-order valence-electron chi connectivity index (χ2n) is 8.42. The molecule has 4 heterocycles. The van der Waals surface area contributed by atoms with E-state index in [1.165, 1.54) is 12.3 Å². The maximum absolute atomic E-state index is 14.1. The van der Waals surface area contributed by atoms with E-state index in [-0.39, 0.29) is 23.3 Å². The molecule has 1 aromatic heterocycles. The van der Waals surface area contributed by atoms with Crippen molar-refractivity contribution in [1.82, 2.24) is 19.7 Å². The molecule has 0 aliphatic carbocycles. The number of pyridine rings is 1. The molecule has 0 N–H and O–H groups in total. The molecule has 0 aromatic carbocycles. The molecule has 6 nitrogen and oxygen atoms in total.